The number of amides is 2. The molecular formula is C13H17N3O2S. The van der Waals surface area contributed by atoms with Gasteiger partial charge < -0.3 is 10.2 Å². The lowest BCUT2D eigenvalue weighted by Crippen LogP contribution is -2.42. The molecule has 2 amide bonds. The smallest absolute Gasteiger partial charge is 0.247 e. The summed E-state index contributed by atoms with van der Waals surface area (Å²) in [4.78, 5) is 29.5. The summed E-state index contributed by atoms with van der Waals surface area (Å²) in [5, 5.41) is 3.65. The maximum atomic E-state index is 12.3. The summed E-state index contributed by atoms with van der Waals surface area (Å²) in [7, 11) is 0. The number of carbonyl (C=O) groups excluding carboxylic acids is 2. The minimum absolute atomic E-state index is 0.0473. The van der Waals surface area contributed by atoms with Crippen LogP contribution in [0.15, 0.2) is 23.4 Å². The van der Waals surface area contributed by atoms with Gasteiger partial charge in [-0.3, -0.25) is 9.59 Å². The van der Waals surface area contributed by atoms with E-state index in [0.29, 0.717) is 12.2 Å². The Kier molecular flexibility index (Phi) is 4.42. The van der Waals surface area contributed by atoms with Crippen LogP contribution >= 0.6 is 11.8 Å². The lowest BCUT2D eigenvalue weighted by Gasteiger charge is -2.22. The Morgan fingerprint density at radius 2 is 2.32 bits per heavy atom. The molecule has 1 aromatic rings. The Bertz CT molecular complexity index is 493. The average Bonchev–Trinajstić information content (AvgIpc) is 2.88. The summed E-state index contributed by atoms with van der Waals surface area (Å²) < 4.78 is 0. The second-order valence-electron chi connectivity index (χ2n) is 4.42. The molecule has 102 valence electrons. The van der Waals surface area contributed by atoms with Crippen LogP contribution in [0.2, 0.25) is 0 Å². The van der Waals surface area contributed by atoms with Crippen LogP contribution in [-0.2, 0) is 9.59 Å². The highest BCUT2D eigenvalue weighted by molar-refractivity contribution is 7.98. The number of anilines is 1. The van der Waals surface area contributed by atoms with Crippen molar-refractivity contribution >= 4 is 29.3 Å². The van der Waals surface area contributed by atoms with Crippen molar-refractivity contribution in [2.75, 3.05) is 18.1 Å². The van der Waals surface area contributed by atoms with Crippen molar-refractivity contribution in [3.05, 3.63) is 18.3 Å². The molecule has 1 aliphatic rings. The number of nitrogens with one attached hydrogen (secondary N) is 1. The SMILES string of the molecule is CSc1ncccc1NC(=O)C1CCCN1C(C)=O. The summed E-state index contributed by atoms with van der Waals surface area (Å²) in [6.45, 7) is 2.17. The van der Waals surface area contributed by atoms with E-state index in [1.807, 2.05) is 12.3 Å². The first-order valence-electron chi connectivity index (χ1n) is 6.20. The Labute approximate surface area is 116 Å². The highest BCUT2D eigenvalue weighted by atomic mass is 32.2. The molecule has 2 rings (SSSR count). The molecule has 1 unspecified atom stereocenters. The molecule has 1 aromatic heterocycles. The molecule has 0 saturated carbocycles. The van der Waals surface area contributed by atoms with Crippen molar-refractivity contribution in [3.8, 4) is 0 Å². The van der Waals surface area contributed by atoms with E-state index < -0.39 is 0 Å². The fraction of sp³-hybridized carbons (Fsp3) is 0.462. The van der Waals surface area contributed by atoms with Crippen molar-refractivity contribution < 1.29 is 9.59 Å². The largest absolute Gasteiger partial charge is 0.331 e. The van der Waals surface area contributed by atoms with Gasteiger partial charge in [0.05, 0.1) is 5.69 Å². The topological polar surface area (TPSA) is 62.3 Å². The van der Waals surface area contributed by atoms with E-state index in [2.05, 4.69) is 10.3 Å². The molecule has 0 bridgehead atoms. The van der Waals surface area contributed by atoms with Crippen molar-refractivity contribution in [2.45, 2.75) is 30.8 Å². The molecular weight excluding hydrogens is 262 g/mol. The van der Waals surface area contributed by atoms with E-state index >= 15 is 0 Å². The minimum atomic E-state index is -0.354. The van der Waals surface area contributed by atoms with Gasteiger partial charge in [-0.15, -0.1) is 11.8 Å². The van der Waals surface area contributed by atoms with Gasteiger partial charge in [-0.05, 0) is 31.2 Å². The lowest BCUT2D eigenvalue weighted by molar-refractivity contribution is -0.134. The van der Waals surface area contributed by atoms with E-state index in [1.165, 1.54) is 18.7 Å². The van der Waals surface area contributed by atoms with Crippen LogP contribution in [0.4, 0.5) is 5.69 Å². The molecule has 1 saturated heterocycles. The first-order valence-corrected chi connectivity index (χ1v) is 7.43. The third kappa shape index (κ3) is 3.07. The van der Waals surface area contributed by atoms with E-state index in [4.69, 9.17) is 0 Å². The zero-order valence-electron chi connectivity index (χ0n) is 11.0. The number of rotatable bonds is 3. The van der Waals surface area contributed by atoms with Crippen LogP contribution in [0.25, 0.3) is 0 Å². The Balaban J connectivity index is 2.10. The zero-order chi connectivity index (χ0) is 13.8. The normalized spacial score (nSPS) is 18.4. The van der Waals surface area contributed by atoms with Gasteiger partial charge in [0.15, 0.2) is 0 Å². The van der Waals surface area contributed by atoms with E-state index in [0.717, 1.165) is 17.9 Å². The monoisotopic (exact) mass is 279 g/mol. The molecule has 1 N–H and O–H groups in total. The molecule has 1 fully saturated rings. The summed E-state index contributed by atoms with van der Waals surface area (Å²) >= 11 is 1.48. The number of thioether (sulfide) groups is 1. The van der Waals surface area contributed by atoms with Crippen LogP contribution < -0.4 is 5.32 Å². The first-order chi connectivity index (χ1) is 9.13. The molecule has 0 radical (unpaired) electrons. The van der Waals surface area contributed by atoms with Crippen molar-refractivity contribution in [2.24, 2.45) is 0 Å². The Hall–Kier alpha value is -1.56. The fourth-order valence-corrected chi connectivity index (χ4v) is 2.79. The summed E-state index contributed by atoms with van der Waals surface area (Å²) in [6, 6.07) is 3.25. The van der Waals surface area contributed by atoms with Gasteiger partial charge in [0.25, 0.3) is 0 Å². The second kappa shape index (κ2) is 6.06. The standard InChI is InChI=1S/C13H17N3O2S/c1-9(17)16-8-4-6-11(16)12(18)15-10-5-3-7-14-13(10)19-2/h3,5,7,11H,4,6,8H2,1-2H3,(H,15,18). The quantitative estimate of drug-likeness (QED) is 0.856. The third-order valence-electron chi connectivity index (χ3n) is 3.18. The Morgan fingerprint density at radius 3 is 3.00 bits per heavy atom. The predicted octanol–water partition coefficient (Wildman–Crippen LogP) is 1.75. The molecule has 1 atom stereocenters. The molecule has 0 spiro atoms. The highest BCUT2D eigenvalue weighted by Crippen LogP contribution is 2.24. The van der Waals surface area contributed by atoms with Gasteiger partial charge >= 0.3 is 0 Å². The molecule has 1 aliphatic heterocycles. The van der Waals surface area contributed by atoms with Gasteiger partial charge in [-0.25, -0.2) is 4.98 Å². The summed E-state index contributed by atoms with van der Waals surface area (Å²) in [5.41, 5.74) is 0.704. The molecule has 6 heteroatoms. The molecule has 2 heterocycles. The highest BCUT2D eigenvalue weighted by Gasteiger charge is 2.32. The van der Waals surface area contributed by atoms with Gasteiger partial charge in [-0.2, -0.15) is 0 Å². The van der Waals surface area contributed by atoms with Gasteiger partial charge in [0.2, 0.25) is 11.8 Å². The second-order valence-corrected chi connectivity index (χ2v) is 5.21. The number of pyridine rings is 1. The van der Waals surface area contributed by atoms with Crippen molar-refractivity contribution in [3.63, 3.8) is 0 Å². The predicted molar refractivity (Wildman–Crippen MR) is 75.1 cm³/mol. The van der Waals surface area contributed by atoms with E-state index in [9.17, 15) is 9.59 Å². The fourth-order valence-electron chi connectivity index (χ4n) is 2.28. The summed E-state index contributed by atoms with van der Waals surface area (Å²) in [6.07, 6.45) is 5.20. The maximum Gasteiger partial charge on any atom is 0.247 e. The average molecular weight is 279 g/mol. The number of aromatic nitrogens is 1. The zero-order valence-corrected chi connectivity index (χ0v) is 11.9. The van der Waals surface area contributed by atoms with Crippen molar-refractivity contribution in [1.29, 1.82) is 0 Å². The van der Waals surface area contributed by atoms with Crippen LogP contribution in [0.3, 0.4) is 0 Å². The molecule has 5 nitrogen and oxygen atoms in total. The van der Waals surface area contributed by atoms with Crippen molar-refractivity contribution in [1.82, 2.24) is 9.88 Å². The van der Waals surface area contributed by atoms with Crippen LogP contribution in [-0.4, -0.2) is 40.5 Å². The van der Waals surface area contributed by atoms with Crippen LogP contribution in [0, 0.1) is 0 Å². The molecule has 0 aliphatic carbocycles. The van der Waals surface area contributed by atoms with Gasteiger partial charge in [0, 0.05) is 19.7 Å². The number of likely N-dealkylation sites (tertiary alicyclic amines) is 1. The maximum absolute atomic E-state index is 12.3. The van der Waals surface area contributed by atoms with Crippen LogP contribution in [0.5, 0.6) is 0 Å². The number of hydrogen-bond acceptors (Lipinski definition) is 4. The number of carbonyl (C=O) groups is 2. The molecule has 0 aromatic carbocycles. The van der Waals surface area contributed by atoms with Crippen LogP contribution in [0.1, 0.15) is 19.8 Å². The third-order valence-corrected chi connectivity index (χ3v) is 3.89. The minimum Gasteiger partial charge on any atom is -0.331 e. The van der Waals surface area contributed by atoms with Gasteiger partial charge in [-0.1, -0.05) is 0 Å². The van der Waals surface area contributed by atoms with E-state index in [1.54, 1.807) is 17.2 Å². The lowest BCUT2D eigenvalue weighted by atomic mass is 10.2. The first kappa shape index (κ1) is 13.9. The molecule has 19 heavy (non-hydrogen) atoms. The Morgan fingerprint density at radius 1 is 1.53 bits per heavy atom. The van der Waals surface area contributed by atoms with E-state index in [-0.39, 0.29) is 17.9 Å². The van der Waals surface area contributed by atoms with Gasteiger partial charge in [0.1, 0.15) is 11.1 Å². The number of nitrogens with zero attached hydrogens (tertiary/aromatic N) is 2. The summed E-state index contributed by atoms with van der Waals surface area (Å²) in [5.74, 6) is -0.176. The number of hydrogen-bond donors (Lipinski definition) is 1.